The van der Waals surface area contributed by atoms with E-state index in [9.17, 15) is 14.3 Å². The number of pyridine rings is 1. The number of halogens is 1. The van der Waals surface area contributed by atoms with Crippen LogP contribution in [0.1, 0.15) is 21.6 Å². The summed E-state index contributed by atoms with van der Waals surface area (Å²) >= 11 is 0. The summed E-state index contributed by atoms with van der Waals surface area (Å²) < 4.78 is 13.4. The normalized spacial score (nSPS) is 10.2. The van der Waals surface area contributed by atoms with E-state index in [1.807, 2.05) is 0 Å². The summed E-state index contributed by atoms with van der Waals surface area (Å²) in [6.45, 7) is 0. The van der Waals surface area contributed by atoms with Crippen LogP contribution in [0.15, 0.2) is 42.6 Å². The first-order valence-electron chi connectivity index (χ1n) is 5.27. The monoisotopic (exact) mass is 265 g/mol. The van der Waals surface area contributed by atoms with Gasteiger partial charge in [0.25, 0.3) is 0 Å². The van der Waals surface area contributed by atoms with Crippen molar-refractivity contribution in [2.24, 2.45) is 0 Å². The zero-order chi connectivity index (χ0) is 13.0. The number of carboxylic acids is 1. The summed E-state index contributed by atoms with van der Waals surface area (Å²) in [4.78, 5) is 14.8. The Morgan fingerprint density at radius 3 is 2.58 bits per heavy atom. The topological polar surface area (TPSA) is 53.0 Å². The maximum Gasteiger partial charge on any atom is 1.00 e. The van der Waals surface area contributed by atoms with E-state index in [4.69, 9.17) is 0 Å². The van der Waals surface area contributed by atoms with Gasteiger partial charge < -0.3 is 9.90 Å². The molecule has 0 atom stereocenters. The third-order valence-corrected chi connectivity index (χ3v) is 2.38. The van der Waals surface area contributed by atoms with Crippen LogP contribution in [0.3, 0.4) is 0 Å². The summed E-state index contributed by atoms with van der Waals surface area (Å²) in [5.41, 5.74) is 0.582. The molecule has 0 aliphatic heterocycles. The average Bonchev–Trinajstić information content (AvgIpc) is 2.38. The van der Waals surface area contributed by atoms with E-state index in [2.05, 4.69) is 4.98 Å². The number of hydrogen-bond acceptors (Lipinski definition) is 3. The van der Waals surface area contributed by atoms with Crippen molar-refractivity contribution < 1.29 is 43.8 Å². The molecule has 2 aromatic rings. The molecule has 90 valence electrons. The molecule has 1 aromatic carbocycles. The van der Waals surface area contributed by atoms with E-state index in [1.165, 1.54) is 36.5 Å². The van der Waals surface area contributed by atoms with E-state index >= 15 is 0 Å². The first kappa shape index (κ1) is 15.6. The van der Waals surface area contributed by atoms with Crippen LogP contribution in [0.5, 0.6) is 0 Å². The summed E-state index contributed by atoms with van der Waals surface area (Å²) in [6.07, 6.45) is 4.39. The molecule has 0 bridgehead atoms. The summed E-state index contributed by atoms with van der Waals surface area (Å²) in [5, 5.41) is 10.8. The molecule has 1 heterocycles. The minimum atomic E-state index is -1.31. The minimum absolute atomic E-state index is 0. The molecule has 0 aliphatic rings. The van der Waals surface area contributed by atoms with Gasteiger partial charge in [0, 0.05) is 17.3 Å². The average molecular weight is 265 g/mol. The number of rotatable bonds is 3. The van der Waals surface area contributed by atoms with Crippen LogP contribution in [-0.4, -0.2) is 11.0 Å². The van der Waals surface area contributed by atoms with Crippen molar-refractivity contribution in [2.75, 3.05) is 0 Å². The van der Waals surface area contributed by atoms with Crippen molar-refractivity contribution in [1.82, 2.24) is 4.98 Å². The Hall–Kier alpha value is -1.49. The third-order valence-electron chi connectivity index (χ3n) is 2.38. The number of carbonyl (C=O) groups excluding carboxylic acids is 1. The van der Waals surface area contributed by atoms with Crippen molar-refractivity contribution in [3.8, 4) is 0 Å². The Bertz CT molecular complexity index is 614. The second-order valence-corrected chi connectivity index (χ2v) is 3.58. The fraction of sp³-hybridized carbons (Fsp3) is 0. The number of aromatic nitrogens is 1. The standard InChI is InChI=1S/C14H10FNO2.Na/c15-12-6-2-1-4-10(12)7-8-13-11(14(17)18)5-3-9-16-13;/h1-9H,(H,17,18);/q;+1/p-1/b8-7+;. The van der Waals surface area contributed by atoms with Gasteiger partial charge in [0.15, 0.2) is 0 Å². The SMILES string of the molecule is O=C([O-])c1cccnc1/C=C/c1ccccc1F.[Na+]. The van der Waals surface area contributed by atoms with Crippen LogP contribution in [-0.2, 0) is 0 Å². The maximum atomic E-state index is 13.4. The molecular formula is C14H9FNNaO2. The summed E-state index contributed by atoms with van der Waals surface area (Å²) in [7, 11) is 0. The van der Waals surface area contributed by atoms with Crippen LogP contribution in [0.4, 0.5) is 4.39 Å². The molecule has 0 N–H and O–H groups in total. The van der Waals surface area contributed by atoms with Gasteiger partial charge in [-0.1, -0.05) is 18.2 Å². The van der Waals surface area contributed by atoms with Gasteiger partial charge in [-0.25, -0.2) is 4.39 Å². The zero-order valence-corrected chi connectivity index (χ0v) is 12.3. The van der Waals surface area contributed by atoms with E-state index in [0.717, 1.165) is 0 Å². The van der Waals surface area contributed by atoms with Gasteiger partial charge in [0.2, 0.25) is 0 Å². The van der Waals surface area contributed by atoms with E-state index < -0.39 is 5.97 Å². The number of carbonyl (C=O) groups is 1. The molecule has 19 heavy (non-hydrogen) atoms. The molecule has 0 amide bonds. The van der Waals surface area contributed by atoms with Gasteiger partial charge in [-0.3, -0.25) is 4.98 Å². The van der Waals surface area contributed by atoms with Crippen molar-refractivity contribution in [1.29, 1.82) is 0 Å². The minimum Gasteiger partial charge on any atom is -0.545 e. The van der Waals surface area contributed by atoms with Crippen LogP contribution in [0, 0.1) is 5.82 Å². The van der Waals surface area contributed by atoms with Crippen molar-refractivity contribution in [3.63, 3.8) is 0 Å². The fourth-order valence-electron chi connectivity index (χ4n) is 1.50. The molecule has 1 aromatic heterocycles. The van der Waals surface area contributed by atoms with E-state index in [-0.39, 0.29) is 46.6 Å². The Morgan fingerprint density at radius 1 is 1.16 bits per heavy atom. The molecule has 0 saturated heterocycles. The first-order chi connectivity index (χ1) is 8.68. The van der Waals surface area contributed by atoms with Crippen LogP contribution in [0.2, 0.25) is 0 Å². The van der Waals surface area contributed by atoms with Crippen LogP contribution < -0.4 is 34.7 Å². The predicted octanol–water partition coefficient (Wildman–Crippen LogP) is -1.24. The first-order valence-corrected chi connectivity index (χ1v) is 5.27. The molecule has 0 spiro atoms. The Balaban J connectivity index is 0.00000180. The Kier molecular flexibility index (Phi) is 5.89. The molecular weight excluding hydrogens is 256 g/mol. The van der Waals surface area contributed by atoms with Gasteiger partial charge >= 0.3 is 29.6 Å². The van der Waals surface area contributed by atoms with Gasteiger partial charge in [-0.05, 0) is 30.4 Å². The van der Waals surface area contributed by atoms with Gasteiger partial charge in [-0.2, -0.15) is 0 Å². The summed E-state index contributed by atoms with van der Waals surface area (Å²) in [6, 6.07) is 9.10. The number of carboxylic acid groups (broad SMARTS) is 1. The number of nitrogens with zero attached hydrogens (tertiary/aromatic N) is 1. The predicted molar refractivity (Wildman–Crippen MR) is 63.9 cm³/mol. The van der Waals surface area contributed by atoms with Gasteiger partial charge in [0.05, 0.1) is 11.7 Å². The molecule has 5 heteroatoms. The molecule has 3 nitrogen and oxygen atoms in total. The smallest absolute Gasteiger partial charge is 0.545 e. The Labute approximate surface area is 132 Å². The quantitative estimate of drug-likeness (QED) is 0.652. The number of benzene rings is 1. The molecule has 2 rings (SSSR count). The van der Waals surface area contributed by atoms with Crippen LogP contribution in [0.25, 0.3) is 12.2 Å². The van der Waals surface area contributed by atoms with E-state index in [0.29, 0.717) is 5.56 Å². The third kappa shape index (κ3) is 3.99. The van der Waals surface area contributed by atoms with Crippen molar-refractivity contribution in [2.45, 2.75) is 0 Å². The second kappa shape index (κ2) is 7.19. The number of aromatic carboxylic acids is 1. The molecule has 0 saturated carbocycles. The fourth-order valence-corrected chi connectivity index (χ4v) is 1.50. The molecule has 0 fully saturated rings. The maximum absolute atomic E-state index is 13.4. The van der Waals surface area contributed by atoms with Gasteiger partial charge in [0.1, 0.15) is 5.82 Å². The van der Waals surface area contributed by atoms with Crippen molar-refractivity contribution in [3.05, 3.63) is 65.2 Å². The number of hydrogen-bond donors (Lipinski definition) is 0. The molecule has 0 unspecified atom stereocenters. The van der Waals surface area contributed by atoms with Crippen LogP contribution >= 0.6 is 0 Å². The summed E-state index contributed by atoms with van der Waals surface area (Å²) in [5.74, 6) is -1.68. The van der Waals surface area contributed by atoms with Crippen molar-refractivity contribution >= 4 is 18.1 Å². The Morgan fingerprint density at radius 2 is 1.89 bits per heavy atom. The molecule has 0 radical (unpaired) electrons. The molecule has 0 aliphatic carbocycles. The zero-order valence-electron chi connectivity index (χ0n) is 10.3. The second-order valence-electron chi connectivity index (χ2n) is 3.58. The van der Waals surface area contributed by atoms with Gasteiger partial charge in [-0.15, -0.1) is 0 Å². The van der Waals surface area contributed by atoms with E-state index in [1.54, 1.807) is 18.2 Å². The largest absolute Gasteiger partial charge is 1.00 e.